The first kappa shape index (κ1) is 10.2. The first-order chi connectivity index (χ1) is 7.64. The smallest absolute Gasteiger partial charge is 0.218 e. The molecule has 1 aliphatic carbocycles. The lowest BCUT2D eigenvalue weighted by atomic mass is 9.74. The molecule has 2 aliphatic heterocycles. The third kappa shape index (κ3) is 1.25. The molecule has 1 unspecified atom stereocenters. The Hall–Kier alpha value is -0.930. The molecule has 0 radical (unpaired) electrons. The van der Waals surface area contributed by atoms with Gasteiger partial charge in [0, 0.05) is 5.41 Å². The van der Waals surface area contributed by atoms with Crippen LogP contribution in [0.5, 0.6) is 0 Å². The van der Waals surface area contributed by atoms with Crippen molar-refractivity contribution in [3.63, 3.8) is 0 Å². The number of hydrogen-bond acceptors (Lipinski definition) is 3. The first-order valence-corrected chi connectivity index (χ1v) is 5.77. The summed E-state index contributed by atoms with van der Waals surface area (Å²) in [7, 11) is 0. The van der Waals surface area contributed by atoms with E-state index < -0.39 is 6.29 Å². The van der Waals surface area contributed by atoms with Gasteiger partial charge in [-0.3, -0.25) is 4.79 Å². The molecule has 3 rings (SSSR count). The minimum Gasteiger partial charge on any atom is -0.343 e. The molecule has 86 valence electrons. The van der Waals surface area contributed by atoms with Gasteiger partial charge in [-0.1, -0.05) is 18.2 Å². The number of allylic oxidation sites excluding steroid dienone is 3. The minimum absolute atomic E-state index is 0.111. The van der Waals surface area contributed by atoms with E-state index in [2.05, 4.69) is 13.5 Å². The zero-order valence-electron chi connectivity index (χ0n) is 9.49. The Balaban J connectivity index is 1.91. The Bertz CT molecular complexity index is 396. The molecule has 3 nitrogen and oxygen atoms in total. The standard InChI is InChI=1S/C13H16O3/c1-3-9-5-13(4-8(9)2)6-10-7-15-12(16-10)11(13)14/h3,10,12H,1,4-7H2,2H3/t10-,12+,13?/m0/s1. The summed E-state index contributed by atoms with van der Waals surface area (Å²) in [6, 6.07) is 0. The molecule has 0 amide bonds. The molecular formula is C13H16O3. The highest BCUT2D eigenvalue weighted by Crippen LogP contribution is 2.51. The summed E-state index contributed by atoms with van der Waals surface area (Å²) in [5, 5.41) is 0. The highest BCUT2D eigenvalue weighted by atomic mass is 16.7. The average Bonchev–Trinajstić information content (AvgIpc) is 2.80. The Kier molecular flexibility index (Phi) is 2.10. The van der Waals surface area contributed by atoms with Gasteiger partial charge in [0.25, 0.3) is 0 Å². The number of ether oxygens (including phenoxy) is 2. The van der Waals surface area contributed by atoms with Crippen LogP contribution in [-0.2, 0) is 14.3 Å². The van der Waals surface area contributed by atoms with E-state index in [4.69, 9.17) is 9.47 Å². The van der Waals surface area contributed by atoms with Crippen LogP contribution in [0, 0.1) is 5.41 Å². The maximum absolute atomic E-state index is 12.3. The molecule has 2 heterocycles. The Morgan fingerprint density at radius 1 is 1.50 bits per heavy atom. The summed E-state index contributed by atoms with van der Waals surface area (Å²) in [4.78, 5) is 12.3. The molecule has 0 aromatic heterocycles. The molecular weight excluding hydrogens is 204 g/mol. The fourth-order valence-corrected chi connectivity index (χ4v) is 3.24. The number of ketones is 1. The normalized spacial score (nSPS) is 42.2. The van der Waals surface area contributed by atoms with Crippen LogP contribution in [0.25, 0.3) is 0 Å². The number of fused-ring (bicyclic) bond motifs is 2. The summed E-state index contributed by atoms with van der Waals surface area (Å²) < 4.78 is 10.8. The van der Waals surface area contributed by atoms with E-state index in [1.165, 1.54) is 11.1 Å². The second-order valence-electron chi connectivity index (χ2n) is 5.14. The summed E-state index contributed by atoms with van der Waals surface area (Å²) in [5.41, 5.74) is 2.27. The summed E-state index contributed by atoms with van der Waals surface area (Å²) in [6.45, 7) is 6.48. The number of Topliss-reactive ketones (excluding diaryl/α,β-unsaturated/α-hetero) is 1. The molecule has 1 spiro atoms. The number of rotatable bonds is 1. The molecule has 0 aromatic rings. The van der Waals surface area contributed by atoms with Gasteiger partial charge >= 0.3 is 0 Å². The van der Waals surface area contributed by atoms with Gasteiger partial charge in [-0.25, -0.2) is 0 Å². The molecule has 2 bridgehead atoms. The quantitative estimate of drug-likeness (QED) is 0.678. The third-order valence-electron chi connectivity index (χ3n) is 4.03. The molecule has 2 fully saturated rings. The van der Waals surface area contributed by atoms with Crippen LogP contribution in [0.2, 0.25) is 0 Å². The van der Waals surface area contributed by atoms with Gasteiger partial charge in [0.15, 0.2) is 5.78 Å². The van der Waals surface area contributed by atoms with Crippen LogP contribution >= 0.6 is 0 Å². The van der Waals surface area contributed by atoms with Gasteiger partial charge in [0.05, 0.1) is 12.7 Å². The lowest BCUT2D eigenvalue weighted by Gasteiger charge is -2.34. The van der Waals surface area contributed by atoms with Crippen molar-refractivity contribution in [2.75, 3.05) is 6.61 Å². The van der Waals surface area contributed by atoms with Crippen molar-refractivity contribution in [1.29, 1.82) is 0 Å². The van der Waals surface area contributed by atoms with Gasteiger partial charge in [-0.15, -0.1) is 0 Å². The van der Waals surface area contributed by atoms with Crippen LogP contribution in [0.4, 0.5) is 0 Å². The van der Waals surface area contributed by atoms with E-state index in [9.17, 15) is 4.79 Å². The fraction of sp³-hybridized carbons (Fsp3) is 0.615. The van der Waals surface area contributed by atoms with E-state index in [1.807, 2.05) is 6.08 Å². The van der Waals surface area contributed by atoms with Crippen LogP contribution in [0.15, 0.2) is 23.8 Å². The van der Waals surface area contributed by atoms with Crippen molar-refractivity contribution in [3.05, 3.63) is 23.8 Å². The Labute approximate surface area is 95.1 Å². The topological polar surface area (TPSA) is 35.5 Å². The van der Waals surface area contributed by atoms with Crippen molar-refractivity contribution >= 4 is 5.78 Å². The summed E-state index contributed by atoms with van der Waals surface area (Å²) in [6.07, 6.45) is 3.87. The van der Waals surface area contributed by atoms with E-state index >= 15 is 0 Å². The van der Waals surface area contributed by atoms with Gasteiger partial charge in [0.2, 0.25) is 6.29 Å². The maximum Gasteiger partial charge on any atom is 0.218 e. The first-order valence-electron chi connectivity index (χ1n) is 5.77. The van der Waals surface area contributed by atoms with Crippen molar-refractivity contribution in [1.82, 2.24) is 0 Å². The van der Waals surface area contributed by atoms with Gasteiger partial charge in [0.1, 0.15) is 0 Å². The number of carbonyl (C=O) groups excluding carboxylic acids is 1. The molecule has 0 aromatic carbocycles. The lowest BCUT2D eigenvalue weighted by molar-refractivity contribution is -0.168. The second-order valence-corrected chi connectivity index (χ2v) is 5.14. The molecule has 16 heavy (non-hydrogen) atoms. The van der Waals surface area contributed by atoms with Gasteiger partial charge in [-0.2, -0.15) is 0 Å². The van der Waals surface area contributed by atoms with Crippen molar-refractivity contribution < 1.29 is 14.3 Å². The largest absolute Gasteiger partial charge is 0.343 e. The van der Waals surface area contributed by atoms with E-state index in [-0.39, 0.29) is 17.3 Å². The van der Waals surface area contributed by atoms with Crippen molar-refractivity contribution in [2.24, 2.45) is 5.41 Å². The number of carbonyl (C=O) groups is 1. The predicted molar refractivity (Wildman–Crippen MR) is 58.8 cm³/mol. The monoisotopic (exact) mass is 220 g/mol. The fourth-order valence-electron chi connectivity index (χ4n) is 3.24. The Morgan fingerprint density at radius 3 is 3.00 bits per heavy atom. The molecule has 0 N–H and O–H groups in total. The minimum atomic E-state index is -0.601. The summed E-state index contributed by atoms with van der Waals surface area (Å²) >= 11 is 0. The van der Waals surface area contributed by atoms with E-state index in [0.29, 0.717) is 6.61 Å². The molecule has 3 atom stereocenters. The van der Waals surface area contributed by atoms with Crippen molar-refractivity contribution in [2.45, 2.75) is 38.6 Å². The van der Waals surface area contributed by atoms with Crippen LogP contribution in [0.1, 0.15) is 26.2 Å². The molecule has 2 saturated heterocycles. The SMILES string of the molecule is C=CC1=C(C)CC2(C1)C[C@H]1CO[C@H](O1)C2=O. The van der Waals surface area contributed by atoms with Crippen LogP contribution in [0.3, 0.4) is 0 Å². The lowest BCUT2D eigenvalue weighted by Crippen LogP contribution is -2.44. The average molecular weight is 220 g/mol. The Morgan fingerprint density at radius 2 is 2.31 bits per heavy atom. The van der Waals surface area contributed by atoms with E-state index in [1.54, 1.807) is 0 Å². The summed E-state index contributed by atoms with van der Waals surface area (Å²) in [5.74, 6) is 0.137. The van der Waals surface area contributed by atoms with Gasteiger partial charge in [-0.05, 0) is 31.8 Å². The van der Waals surface area contributed by atoms with E-state index in [0.717, 1.165) is 19.3 Å². The molecule has 3 aliphatic rings. The van der Waals surface area contributed by atoms with Crippen LogP contribution in [-0.4, -0.2) is 24.8 Å². The maximum atomic E-state index is 12.3. The zero-order chi connectivity index (χ0) is 11.3. The molecule has 3 heteroatoms. The third-order valence-corrected chi connectivity index (χ3v) is 4.03. The van der Waals surface area contributed by atoms with Crippen molar-refractivity contribution in [3.8, 4) is 0 Å². The zero-order valence-corrected chi connectivity index (χ0v) is 9.49. The highest BCUT2D eigenvalue weighted by molar-refractivity contribution is 5.90. The molecule has 0 saturated carbocycles. The number of hydrogen-bond donors (Lipinski definition) is 0. The second kappa shape index (κ2) is 3.28. The predicted octanol–water partition coefficient (Wildman–Crippen LogP) is 1.98. The highest BCUT2D eigenvalue weighted by Gasteiger charge is 2.54. The van der Waals surface area contributed by atoms with Crippen LogP contribution < -0.4 is 0 Å². The van der Waals surface area contributed by atoms with Gasteiger partial charge < -0.3 is 9.47 Å².